The molecule has 0 bridgehead atoms. The zero-order valence-corrected chi connectivity index (χ0v) is 13.5. The van der Waals surface area contributed by atoms with Crippen LogP contribution in [0.5, 0.6) is 0 Å². The van der Waals surface area contributed by atoms with E-state index in [0.29, 0.717) is 37.7 Å². The molecule has 1 aromatic carbocycles. The summed E-state index contributed by atoms with van der Waals surface area (Å²) in [6, 6.07) is 11.3. The molecule has 0 saturated carbocycles. The lowest BCUT2D eigenvalue weighted by Crippen LogP contribution is -2.48. The van der Waals surface area contributed by atoms with Gasteiger partial charge in [-0.05, 0) is 36.8 Å². The van der Waals surface area contributed by atoms with E-state index in [1.165, 1.54) is 0 Å². The summed E-state index contributed by atoms with van der Waals surface area (Å²) >= 11 is 0. The first-order chi connectivity index (χ1) is 11.7. The van der Waals surface area contributed by atoms with Crippen molar-refractivity contribution in [3.63, 3.8) is 0 Å². The van der Waals surface area contributed by atoms with Gasteiger partial charge in [-0.2, -0.15) is 0 Å². The van der Waals surface area contributed by atoms with Gasteiger partial charge in [-0.3, -0.25) is 9.59 Å². The number of hydrogen-bond acceptors (Lipinski definition) is 5. The predicted octanol–water partition coefficient (Wildman–Crippen LogP) is 1.44. The molecule has 7 nitrogen and oxygen atoms in total. The average Bonchev–Trinajstić information content (AvgIpc) is 2.62. The smallest absolute Gasteiger partial charge is 0.274 e. The summed E-state index contributed by atoms with van der Waals surface area (Å²) in [4.78, 5) is 26.5. The van der Waals surface area contributed by atoms with E-state index < -0.39 is 0 Å². The molecule has 0 spiro atoms. The van der Waals surface area contributed by atoms with Gasteiger partial charge in [-0.1, -0.05) is 12.1 Å². The lowest BCUT2D eigenvalue weighted by molar-refractivity contribution is -0.119. The van der Waals surface area contributed by atoms with Crippen molar-refractivity contribution in [1.82, 2.24) is 20.0 Å². The molecule has 2 amide bonds. The van der Waals surface area contributed by atoms with Gasteiger partial charge < -0.3 is 15.1 Å². The number of aromatic nitrogens is 2. The summed E-state index contributed by atoms with van der Waals surface area (Å²) in [7, 11) is 0. The fourth-order valence-corrected chi connectivity index (χ4v) is 2.58. The van der Waals surface area contributed by atoms with Crippen LogP contribution in [0.2, 0.25) is 0 Å². The van der Waals surface area contributed by atoms with E-state index in [1.54, 1.807) is 21.9 Å². The van der Waals surface area contributed by atoms with Crippen LogP contribution in [0.25, 0.3) is 0 Å². The highest BCUT2D eigenvalue weighted by Crippen LogP contribution is 2.15. The van der Waals surface area contributed by atoms with E-state index in [0.717, 1.165) is 17.7 Å². The quantitative estimate of drug-likeness (QED) is 0.861. The largest absolute Gasteiger partial charge is 0.342 e. The minimum absolute atomic E-state index is 0.157. The Hall–Kier alpha value is -2.96. The Morgan fingerprint density at radius 2 is 1.92 bits per heavy atom. The lowest BCUT2D eigenvalue weighted by Gasteiger charge is -2.32. The zero-order valence-electron chi connectivity index (χ0n) is 13.5. The van der Waals surface area contributed by atoms with Gasteiger partial charge in [0.1, 0.15) is 0 Å². The van der Waals surface area contributed by atoms with Crippen molar-refractivity contribution in [1.29, 1.82) is 0 Å². The molecule has 1 fully saturated rings. The second-order valence-electron chi connectivity index (χ2n) is 5.73. The standard InChI is InChI=1S/C17H19N5O2/c1-13-3-2-4-14(11-13)18-16-6-5-15(19-20-16)17(24)22-9-7-21(12-23)8-10-22/h2-6,11-12H,7-10H2,1H3,(H,18,20). The highest BCUT2D eigenvalue weighted by Gasteiger charge is 2.22. The SMILES string of the molecule is Cc1cccc(Nc2ccc(C(=O)N3CCN(C=O)CC3)nn2)c1. The summed E-state index contributed by atoms with van der Waals surface area (Å²) in [5.74, 6) is 0.429. The summed E-state index contributed by atoms with van der Waals surface area (Å²) in [6.45, 7) is 4.15. The maximum absolute atomic E-state index is 12.4. The maximum atomic E-state index is 12.4. The maximum Gasteiger partial charge on any atom is 0.274 e. The number of hydrogen-bond donors (Lipinski definition) is 1. The third-order valence-electron chi connectivity index (χ3n) is 3.92. The fourth-order valence-electron chi connectivity index (χ4n) is 2.58. The van der Waals surface area contributed by atoms with Gasteiger partial charge in [0.15, 0.2) is 11.5 Å². The number of benzene rings is 1. The Balaban J connectivity index is 1.64. The molecule has 24 heavy (non-hydrogen) atoms. The van der Waals surface area contributed by atoms with Gasteiger partial charge in [0.25, 0.3) is 5.91 Å². The van der Waals surface area contributed by atoms with E-state index in [9.17, 15) is 9.59 Å². The Morgan fingerprint density at radius 3 is 2.54 bits per heavy atom. The van der Waals surface area contributed by atoms with Gasteiger partial charge in [0, 0.05) is 31.9 Å². The Labute approximate surface area is 140 Å². The first kappa shape index (κ1) is 15.9. The first-order valence-corrected chi connectivity index (χ1v) is 7.82. The van der Waals surface area contributed by atoms with Crippen molar-refractivity contribution >= 4 is 23.8 Å². The number of piperazine rings is 1. The second kappa shape index (κ2) is 7.08. The molecule has 1 aliphatic rings. The van der Waals surface area contributed by atoms with Crippen molar-refractivity contribution in [3.05, 3.63) is 47.7 Å². The minimum atomic E-state index is -0.157. The van der Waals surface area contributed by atoms with Crippen LogP contribution in [-0.4, -0.2) is 58.5 Å². The van der Waals surface area contributed by atoms with Crippen LogP contribution in [0.4, 0.5) is 11.5 Å². The zero-order chi connectivity index (χ0) is 16.9. The summed E-state index contributed by atoms with van der Waals surface area (Å²) < 4.78 is 0. The highest BCUT2D eigenvalue weighted by molar-refractivity contribution is 5.92. The Morgan fingerprint density at radius 1 is 1.12 bits per heavy atom. The molecule has 1 N–H and O–H groups in total. The molecule has 2 heterocycles. The number of aryl methyl sites for hydroxylation is 1. The number of nitrogens with zero attached hydrogens (tertiary/aromatic N) is 4. The first-order valence-electron chi connectivity index (χ1n) is 7.82. The Bertz CT molecular complexity index is 724. The molecule has 0 aliphatic carbocycles. The predicted molar refractivity (Wildman–Crippen MR) is 90.0 cm³/mol. The summed E-state index contributed by atoms with van der Waals surface area (Å²) in [5.41, 5.74) is 2.38. The van der Waals surface area contributed by atoms with Gasteiger partial charge in [-0.25, -0.2) is 0 Å². The molecule has 1 aromatic heterocycles. The van der Waals surface area contributed by atoms with E-state index in [4.69, 9.17) is 0 Å². The molecule has 124 valence electrons. The monoisotopic (exact) mass is 325 g/mol. The third-order valence-corrected chi connectivity index (χ3v) is 3.92. The van der Waals surface area contributed by atoms with Crippen LogP contribution < -0.4 is 5.32 Å². The molecular weight excluding hydrogens is 306 g/mol. The molecule has 0 unspecified atom stereocenters. The van der Waals surface area contributed by atoms with E-state index in [-0.39, 0.29) is 5.91 Å². The molecule has 3 rings (SSSR count). The Kier molecular flexibility index (Phi) is 4.69. The minimum Gasteiger partial charge on any atom is -0.342 e. The number of anilines is 2. The van der Waals surface area contributed by atoms with Crippen molar-refractivity contribution in [2.75, 3.05) is 31.5 Å². The topological polar surface area (TPSA) is 78.4 Å². The molecule has 1 aliphatic heterocycles. The van der Waals surface area contributed by atoms with Crippen molar-refractivity contribution in [2.24, 2.45) is 0 Å². The van der Waals surface area contributed by atoms with Crippen LogP contribution in [0.1, 0.15) is 16.1 Å². The number of carbonyl (C=O) groups excluding carboxylic acids is 2. The average molecular weight is 325 g/mol. The van der Waals surface area contributed by atoms with E-state index >= 15 is 0 Å². The fraction of sp³-hybridized carbons (Fsp3) is 0.294. The number of rotatable bonds is 4. The third kappa shape index (κ3) is 3.68. The van der Waals surface area contributed by atoms with Crippen LogP contribution in [0.15, 0.2) is 36.4 Å². The van der Waals surface area contributed by atoms with Gasteiger partial charge in [-0.15, -0.1) is 10.2 Å². The highest BCUT2D eigenvalue weighted by atomic mass is 16.2. The van der Waals surface area contributed by atoms with Crippen molar-refractivity contribution < 1.29 is 9.59 Å². The van der Waals surface area contributed by atoms with Crippen molar-refractivity contribution in [3.8, 4) is 0 Å². The van der Waals surface area contributed by atoms with Crippen LogP contribution in [0, 0.1) is 6.92 Å². The molecule has 7 heteroatoms. The lowest BCUT2D eigenvalue weighted by atomic mass is 10.2. The van der Waals surface area contributed by atoms with Gasteiger partial charge in [0.2, 0.25) is 6.41 Å². The molecular formula is C17H19N5O2. The summed E-state index contributed by atoms with van der Waals surface area (Å²) in [5, 5.41) is 11.3. The molecule has 1 saturated heterocycles. The number of amides is 2. The van der Waals surface area contributed by atoms with Crippen molar-refractivity contribution in [2.45, 2.75) is 6.92 Å². The van der Waals surface area contributed by atoms with Crippen LogP contribution in [-0.2, 0) is 4.79 Å². The molecule has 0 atom stereocenters. The summed E-state index contributed by atoms with van der Waals surface area (Å²) in [6.07, 6.45) is 0.813. The van der Waals surface area contributed by atoms with Crippen LogP contribution in [0.3, 0.4) is 0 Å². The molecule has 2 aromatic rings. The number of nitrogens with one attached hydrogen (secondary N) is 1. The van der Waals surface area contributed by atoms with Crippen LogP contribution >= 0.6 is 0 Å². The molecule has 0 radical (unpaired) electrons. The normalized spacial score (nSPS) is 14.4. The van der Waals surface area contributed by atoms with Gasteiger partial charge >= 0.3 is 0 Å². The van der Waals surface area contributed by atoms with E-state index in [1.807, 2.05) is 31.2 Å². The van der Waals surface area contributed by atoms with Gasteiger partial charge in [0.05, 0.1) is 0 Å². The second-order valence-corrected chi connectivity index (χ2v) is 5.73. The van der Waals surface area contributed by atoms with E-state index in [2.05, 4.69) is 15.5 Å². The number of carbonyl (C=O) groups is 2.